The molecule has 13 rings (SSSR count). The predicted octanol–water partition coefficient (Wildman–Crippen LogP) is 18.2. The molecule has 0 spiro atoms. The summed E-state index contributed by atoms with van der Waals surface area (Å²) in [6, 6.07) is 81.6. The molecule has 13 aromatic rings. The molecule has 0 bridgehead atoms. The highest BCUT2D eigenvalue weighted by Gasteiger charge is 2.19. The molecule has 0 saturated carbocycles. The molecular formula is C60H36S2. The Labute approximate surface area is 367 Å². The van der Waals surface area contributed by atoms with E-state index in [1.165, 1.54) is 128 Å². The van der Waals surface area contributed by atoms with Crippen LogP contribution in [0.25, 0.3) is 128 Å². The van der Waals surface area contributed by atoms with Crippen molar-refractivity contribution in [3.05, 3.63) is 218 Å². The van der Waals surface area contributed by atoms with Crippen molar-refractivity contribution < 1.29 is 0 Å². The molecule has 0 atom stereocenters. The summed E-state index contributed by atoms with van der Waals surface area (Å²) in [4.78, 5) is 0. The molecule has 0 fully saturated rings. The monoisotopic (exact) mass is 820 g/mol. The maximum absolute atomic E-state index is 2.44. The Bertz CT molecular complexity index is 3940. The number of fused-ring (bicyclic) bond motifs is 9. The van der Waals surface area contributed by atoms with Crippen molar-refractivity contribution in [1.82, 2.24) is 0 Å². The Balaban J connectivity index is 1.04. The Morgan fingerprint density at radius 1 is 0.194 bits per heavy atom. The molecule has 2 heterocycles. The normalized spacial score (nSPS) is 11.9. The van der Waals surface area contributed by atoms with Gasteiger partial charge in [-0.1, -0.05) is 158 Å². The topological polar surface area (TPSA) is 0 Å². The van der Waals surface area contributed by atoms with Gasteiger partial charge in [0.1, 0.15) is 0 Å². The second kappa shape index (κ2) is 14.1. The number of hydrogen-bond donors (Lipinski definition) is 0. The van der Waals surface area contributed by atoms with Crippen LogP contribution in [0.3, 0.4) is 0 Å². The van der Waals surface area contributed by atoms with Gasteiger partial charge in [-0.2, -0.15) is 0 Å². The van der Waals surface area contributed by atoms with Gasteiger partial charge in [0.15, 0.2) is 0 Å². The Morgan fingerprint density at radius 3 is 1.18 bits per heavy atom. The van der Waals surface area contributed by atoms with Crippen LogP contribution in [-0.4, -0.2) is 0 Å². The summed E-state index contributed by atoms with van der Waals surface area (Å²) in [7, 11) is 0. The highest BCUT2D eigenvalue weighted by Crippen LogP contribution is 2.47. The second-order valence-corrected chi connectivity index (χ2v) is 18.6. The van der Waals surface area contributed by atoms with Crippen LogP contribution in [0, 0.1) is 0 Å². The third-order valence-electron chi connectivity index (χ3n) is 12.8. The molecule has 0 N–H and O–H groups in total. The SMILES string of the molecule is c1cc(-c2ccc3sc4ccccc4c3c2)cc(-c2c3ccccc3c(-c3cccc(-c4ccc5sc6ccccc6c5c4)c3)c3cc(-c4ccc5ccccc5c4)ccc23)c1. The van der Waals surface area contributed by atoms with E-state index in [4.69, 9.17) is 0 Å². The minimum atomic E-state index is 1.21. The van der Waals surface area contributed by atoms with Gasteiger partial charge in [-0.15, -0.1) is 22.7 Å². The van der Waals surface area contributed by atoms with Crippen LogP contribution in [0.5, 0.6) is 0 Å². The van der Waals surface area contributed by atoms with Crippen molar-refractivity contribution >= 4 is 95.3 Å². The maximum Gasteiger partial charge on any atom is 0.0355 e. The molecule has 11 aromatic carbocycles. The van der Waals surface area contributed by atoms with Crippen LogP contribution in [0.15, 0.2) is 218 Å². The minimum Gasteiger partial charge on any atom is -0.135 e. The summed E-state index contributed by atoms with van der Waals surface area (Å²) >= 11 is 3.74. The van der Waals surface area contributed by atoms with E-state index in [-0.39, 0.29) is 0 Å². The molecule has 62 heavy (non-hydrogen) atoms. The van der Waals surface area contributed by atoms with Gasteiger partial charge in [-0.05, 0) is 149 Å². The van der Waals surface area contributed by atoms with Gasteiger partial charge in [0.2, 0.25) is 0 Å². The standard InChI is InChI=1S/C60H36S2/c1-2-12-38-31-41(24-23-37(38)11-1)42-25-28-51-54(36-42)60(46-16-10-14-40(33-46)44-27-30-58-53(35-44)48-18-6-8-22-56(48)62-58)50-20-4-3-19-49(50)59(51)45-15-9-13-39(32-45)43-26-29-57-52(34-43)47-17-5-7-21-55(47)61-57/h1-36H. The summed E-state index contributed by atoms with van der Waals surface area (Å²) in [6.07, 6.45) is 0. The predicted molar refractivity (Wildman–Crippen MR) is 272 cm³/mol. The summed E-state index contributed by atoms with van der Waals surface area (Å²) in [5.41, 5.74) is 12.3. The average molecular weight is 821 g/mol. The second-order valence-electron chi connectivity index (χ2n) is 16.4. The first-order chi connectivity index (χ1) is 30.7. The molecule has 0 saturated heterocycles. The zero-order chi connectivity index (χ0) is 40.7. The zero-order valence-corrected chi connectivity index (χ0v) is 35.2. The minimum absolute atomic E-state index is 1.21. The molecule has 288 valence electrons. The Morgan fingerprint density at radius 2 is 0.581 bits per heavy atom. The largest absolute Gasteiger partial charge is 0.135 e. The van der Waals surface area contributed by atoms with E-state index in [9.17, 15) is 0 Å². The number of benzene rings is 11. The Hall–Kier alpha value is -7.36. The lowest BCUT2D eigenvalue weighted by Gasteiger charge is -2.20. The van der Waals surface area contributed by atoms with Crippen LogP contribution in [0.4, 0.5) is 0 Å². The molecule has 0 aliphatic carbocycles. The van der Waals surface area contributed by atoms with Crippen LogP contribution in [0.1, 0.15) is 0 Å². The first-order valence-electron chi connectivity index (χ1n) is 21.2. The lowest BCUT2D eigenvalue weighted by atomic mass is 9.84. The molecule has 2 heteroatoms. The number of rotatable bonds is 5. The summed E-state index contributed by atoms with van der Waals surface area (Å²) < 4.78 is 5.31. The van der Waals surface area contributed by atoms with Crippen molar-refractivity contribution in [2.24, 2.45) is 0 Å². The van der Waals surface area contributed by atoms with Gasteiger partial charge >= 0.3 is 0 Å². The fourth-order valence-corrected chi connectivity index (χ4v) is 12.0. The quantitative estimate of drug-likeness (QED) is 0.152. The third kappa shape index (κ3) is 5.72. The summed E-state index contributed by atoms with van der Waals surface area (Å²) in [5, 5.41) is 12.8. The molecule has 0 radical (unpaired) electrons. The van der Waals surface area contributed by atoms with E-state index in [0.717, 1.165) is 0 Å². The Kier molecular flexibility index (Phi) is 8.06. The van der Waals surface area contributed by atoms with Gasteiger partial charge in [0.05, 0.1) is 0 Å². The summed E-state index contributed by atoms with van der Waals surface area (Å²) in [6.45, 7) is 0. The van der Waals surface area contributed by atoms with Gasteiger partial charge in [0, 0.05) is 40.3 Å². The molecule has 2 aromatic heterocycles. The highest BCUT2D eigenvalue weighted by atomic mass is 32.1. The van der Waals surface area contributed by atoms with E-state index in [1.54, 1.807) is 0 Å². The average Bonchev–Trinajstić information content (AvgIpc) is 3.91. The molecule has 0 unspecified atom stereocenters. The van der Waals surface area contributed by atoms with E-state index < -0.39 is 0 Å². The van der Waals surface area contributed by atoms with Crippen LogP contribution < -0.4 is 0 Å². The van der Waals surface area contributed by atoms with Crippen LogP contribution in [0.2, 0.25) is 0 Å². The van der Waals surface area contributed by atoms with Crippen LogP contribution >= 0.6 is 22.7 Å². The summed E-state index contributed by atoms with van der Waals surface area (Å²) in [5.74, 6) is 0. The van der Waals surface area contributed by atoms with Gasteiger partial charge in [0.25, 0.3) is 0 Å². The van der Waals surface area contributed by atoms with Crippen LogP contribution in [-0.2, 0) is 0 Å². The van der Waals surface area contributed by atoms with Crippen molar-refractivity contribution in [3.63, 3.8) is 0 Å². The number of thiophene rings is 2. The molecule has 0 aliphatic heterocycles. The van der Waals surface area contributed by atoms with E-state index in [0.29, 0.717) is 0 Å². The first-order valence-corrected chi connectivity index (χ1v) is 22.9. The van der Waals surface area contributed by atoms with Crippen molar-refractivity contribution in [2.45, 2.75) is 0 Å². The fourth-order valence-electron chi connectivity index (χ4n) is 9.87. The zero-order valence-electron chi connectivity index (χ0n) is 33.6. The number of hydrogen-bond acceptors (Lipinski definition) is 2. The third-order valence-corrected chi connectivity index (χ3v) is 15.1. The molecular weight excluding hydrogens is 785 g/mol. The smallest absolute Gasteiger partial charge is 0.0355 e. The first kappa shape index (κ1) is 35.4. The van der Waals surface area contributed by atoms with Gasteiger partial charge < -0.3 is 0 Å². The fraction of sp³-hybridized carbons (Fsp3) is 0. The van der Waals surface area contributed by atoms with E-state index in [2.05, 4.69) is 218 Å². The van der Waals surface area contributed by atoms with Crippen molar-refractivity contribution in [2.75, 3.05) is 0 Å². The van der Waals surface area contributed by atoms with E-state index in [1.807, 2.05) is 22.7 Å². The highest BCUT2D eigenvalue weighted by molar-refractivity contribution is 7.26. The maximum atomic E-state index is 2.44. The van der Waals surface area contributed by atoms with Crippen molar-refractivity contribution in [1.29, 1.82) is 0 Å². The molecule has 0 nitrogen and oxygen atoms in total. The van der Waals surface area contributed by atoms with Gasteiger partial charge in [-0.25, -0.2) is 0 Å². The lowest BCUT2D eigenvalue weighted by Crippen LogP contribution is -1.92. The van der Waals surface area contributed by atoms with E-state index >= 15 is 0 Å². The van der Waals surface area contributed by atoms with Gasteiger partial charge in [-0.3, -0.25) is 0 Å². The van der Waals surface area contributed by atoms with Crippen molar-refractivity contribution in [3.8, 4) is 55.6 Å². The molecule has 0 amide bonds. The lowest BCUT2D eigenvalue weighted by molar-refractivity contribution is 1.62. The molecule has 0 aliphatic rings.